The second-order valence-corrected chi connectivity index (χ2v) is 6.26. The number of para-hydroxylation sites is 2. The van der Waals surface area contributed by atoms with Gasteiger partial charge in [0.25, 0.3) is 0 Å². The topological polar surface area (TPSA) is 44.2 Å². The van der Waals surface area contributed by atoms with Crippen LogP contribution in [0, 0.1) is 0 Å². The Morgan fingerprint density at radius 1 is 0.840 bits per heavy atom. The zero-order chi connectivity index (χ0) is 17.8. The summed E-state index contributed by atoms with van der Waals surface area (Å²) in [4.78, 5) is 8.55. The maximum atomic E-state index is 6.25. The molecular weight excluding hydrogens is 383 g/mol. The predicted octanol–water partition coefficient (Wildman–Crippen LogP) is 5.83. The number of benzene rings is 2. The number of hydrogen-bond acceptors (Lipinski definition) is 4. The van der Waals surface area contributed by atoms with Gasteiger partial charge in [-0.15, -0.1) is 0 Å². The Hall–Kier alpha value is -2.01. The molecule has 4 nitrogen and oxygen atoms in total. The van der Waals surface area contributed by atoms with Crippen molar-refractivity contribution in [2.24, 2.45) is 0 Å². The average molecular weight is 396 g/mol. The molecule has 0 spiro atoms. The molecule has 3 rings (SSSR count). The molecule has 0 saturated heterocycles. The highest BCUT2D eigenvalue weighted by Crippen LogP contribution is 2.37. The van der Waals surface area contributed by atoms with Crippen LogP contribution < -0.4 is 9.47 Å². The third kappa shape index (κ3) is 4.34. The predicted molar refractivity (Wildman–Crippen MR) is 99.4 cm³/mol. The number of nitrogens with zero attached hydrogens (tertiary/aromatic N) is 2. The summed E-state index contributed by atoms with van der Waals surface area (Å²) in [7, 11) is 1.55. The van der Waals surface area contributed by atoms with Gasteiger partial charge < -0.3 is 9.47 Å². The van der Waals surface area contributed by atoms with Crippen molar-refractivity contribution in [1.29, 1.82) is 0 Å². The fourth-order valence-corrected chi connectivity index (χ4v) is 2.83. The quantitative estimate of drug-likeness (QED) is 0.510. The lowest BCUT2D eigenvalue weighted by Crippen LogP contribution is -2.00. The summed E-state index contributed by atoms with van der Waals surface area (Å²) >= 11 is 18.4. The van der Waals surface area contributed by atoms with Gasteiger partial charge >= 0.3 is 0 Å². The maximum absolute atomic E-state index is 6.25. The van der Waals surface area contributed by atoms with Crippen molar-refractivity contribution in [2.75, 3.05) is 7.11 Å². The van der Waals surface area contributed by atoms with Crippen molar-refractivity contribution >= 4 is 34.8 Å². The summed E-state index contributed by atoms with van der Waals surface area (Å²) in [6.07, 6.45) is 0.478. The van der Waals surface area contributed by atoms with E-state index >= 15 is 0 Å². The summed E-state index contributed by atoms with van der Waals surface area (Å²) in [5, 5.41) is 0.936. The van der Waals surface area contributed by atoms with E-state index in [9.17, 15) is 0 Å². The monoisotopic (exact) mass is 394 g/mol. The Balaban J connectivity index is 1.86. The SMILES string of the molecule is COc1ccccc1Oc1c(Cl)nc(Cc2ccc(Cl)cc2)nc1Cl. The highest BCUT2D eigenvalue weighted by Gasteiger charge is 2.16. The van der Waals surface area contributed by atoms with E-state index in [1.165, 1.54) is 0 Å². The average Bonchev–Trinajstić information content (AvgIpc) is 2.60. The lowest BCUT2D eigenvalue weighted by molar-refractivity contribution is 0.378. The summed E-state index contributed by atoms with van der Waals surface area (Å²) < 4.78 is 11.0. The second-order valence-electron chi connectivity index (χ2n) is 5.11. The standard InChI is InChI=1S/C18H13Cl3N2O2/c1-24-13-4-2-3-5-14(13)25-16-17(20)22-15(23-18(16)21)10-11-6-8-12(19)9-7-11/h2-9H,10H2,1H3. The molecule has 0 radical (unpaired) electrons. The highest BCUT2D eigenvalue weighted by molar-refractivity contribution is 6.35. The van der Waals surface area contributed by atoms with Crippen LogP contribution in [0.3, 0.4) is 0 Å². The first-order valence-corrected chi connectivity index (χ1v) is 8.47. The van der Waals surface area contributed by atoms with Gasteiger partial charge in [0.1, 0.15) is 5.82 Å². The number of methoxy groups -OCH3 is 1. The van der Waals surface area contributed by atoms with Gasteiger partial charge in [-0.25, -0.2) is 9.97 Å². The summed E-state index contributed by atoms with van der Waals surface area (Å²) in [6, 6.07) is 14.6. The second kappa shape index (κ2) is 7.91. The van der Waals surface area contributed by atoms with Gasteiger partial charge in [0.05, 0.1) is 7.11 Å². The molecule has 1 aromatic heterocycles. The first-order chi connectivity index (χ1) is 12.1. The van der Waals surface area contributed by atoms with E-state index in [-0.39, 0.29) is 16.1 Å². The molecule has 0 aliphatic carbocycles. The molecule has 128 valence electrons. The normalized spacial score (nSPS) is 10.6. The van der Waals surface area contributed by atoms with E-state index in [0.717, 1.165) is 5.56 Å². The van der Waals surface area contributed by atoms with E-state index < -0.39 is 0 Å². The van der Waals surface area contributed by atoms with Gasteiger partial charge in [0.2, 0.25) is 5.75 Å². The molecule has 7 heteroatoms. The zero-order valence-electron chi connectivity index (χ0n) is 13.2. The lowest BCUT2D eigenvalue weighted by Gasteiger charge is -2.12. The van der Waals surface area contributed by atoms with Crippen molar-refractivity contribution in [3.8, 4) is 17.2 Å². The Labute approximate surface area is 160 Å². The maximum Gasteiger partial charge on any atom is 0.202 e. The molecule has 0 amide bonds. The molecule has 0 saturated carbocycles. The Morgan fingerprint density at radius 3 is 2.04 bits per heavy atom. The number of halogens is 3. The van der Waals surface area contributed by atoms with E-state index in [2.05, 4.69) is 9.97 Å². The number of rotatable bonds is 5. The van der Waals surface area contributed by atoms with Crippen molar-refractivity contribution in [3.63, 3.8) is 0 Å². The zero-order valence-corrected chi connectivity index (χ0v) is 15.4. The molecule has 2 aromatic carbocycles. The minimum atomic E-state index is 0.134. The molecule has 0 atom stereocenters. The van der Waals surface area contributed by atoms with Crippen LogP contribution in [0.5, 0.6) is 17.2 Å². The Morgan fingerprint density at radius 2 is 1.44 bits per heavy atom. The van der Waals surface area contributed by atoms with Crippen LogP contribution in [-0.2, 0) is 6.42 Å². The largest absolute Gasteiger partial charge is 0.493 e. The van der Waals surface area contributed by atoms with Gasteiger partial charge in [-0.1, -0.05) is 59.1 Å². The number of ether oxygens (including phenoxy) is 2. The van der Waals surface area contributed by atoms with Gasteiger partial charge in [-0.2, -0.15) is 0 Å². The van der Waals surface area contributed by atoms with Crippen molar-refractivity contribution in [3.05, 3.63) is 75.2 Å². The van der Waals surface area contributed by atoms with Gasteiger partial charge in [0, 0.05) is 11.4 Å². The third-order valence-corrected chi connectivity index (χ3v) is 4.15. The number of hydrogen-bond donors (Lipinski definition) is 0. The molecule has 0 aliphatic rings. The molecule has 25 heavy (non-hydrogen) atoms. The van der Waals surface area contributed by atoms with E-state index in [1.54, 1.807) is 31.4 Å². The van der Waals surface area contributed by atoms with Crippen molar-refractivity contribution < 1.29 is 9.47 Å². The van der Waals surface area contributed by atoms with Gasteiger partial charge in [-0.05, 0) is 29.8 Å². The van der Waals surface area contributed by atoms with Crippen LogP contribution in [-0.4, -0.2) is 17.1 Å². The van der Waals surface area contributed by atoms with Crippen LogP contribution in [0.2, 0.25) is 15.3 Å². The fraction of sp³-hybridized carbons (Fsp3) is 0.111. The first kappa shape index (κ1) is 17.8. The van der Waals surface area contributed by atoms with Crippen LogP contribution in [0.4, 0.5) is 0 Å². The highest BCUT2D eigenvalue weighted by atomic mass is 35.5. The molecule has 0 fully saturated rings. The molecule has 0 bridgehead atoms. The molecule has 0 N–H and O–H groups in total. The molecule has 0 unspecified atom stereocenters. The molecule has 1 heterocycles. The lowest BCUT2D eigenvalue weighted by atomic mass is 10.1. The number of aromatic nitrogens is 2. The Kier molecular flexibility index (Phi) is 5.63. The van der Waals surface area contributed by atoms with Crippen LogP contribution in [0.25, 0.3) is 0 Å². The van der Waals surface area contributed by atoms with E-state index in [4.69, 9.17) is 44.3 Å². The van der Waals surface area contributed by atoms with Crippen LogP contribution >= 0.6 is 34.8 Å². The van der Waals surface area contributed by atoms with Crippen molar-refractivity contribution in [2.45, 2.75) is 6.42 Å². The minimum absolute atomic E-state index is 0.134. The third-order valence-electron chi connectivity index (χ3n) is 3.39. The molecular formula is C18H13Cl3N2O2. The van der Waals surface area contributed by atoms with Crippen LogP contribution in [0.1, 0.15) is 11.4 Å². The van der Waals surface area contributed by atoms with Gasteiger partial charge in [0.15, 0.2) is 21.8 Å². The first-order valence-electron chi connectivity index (χ1n) is 7.34. The minimum Gasteiger partial charge on any atom is -0.493 e. The van der Waals surface area contributed by atoms with Crippen molar-refractivity contribution in [1.82, 2.24) is 9.97 Å². The molecule has 0 aliphatic heterocycles. The molecule has 3 aromatic rings. The van der Waals surface area contributed by atoms with Crippen LogP contribution in [0.15, 0.2) is 48.5 Å². The van der Waals surface area contributed by atoms with Gasteiger partial charge in [-0.3, -0.25) is 0 Å². The smallest absolute Gasteiger partial charge is 0.202 e. The fourth-order valence-electron chi connectivity index (χ4n) is 2.20. The van der Waals surface area contributed by atoms with E-state index in [0.29, 0.717) is 28.8 Å². The summed E-state index contributed by atoms with van der Waals surface area (Å²) in [5.74, 6) is 1.71. The summed E-state index contributed by atoms with van der Waals surface area (Å²) in [6.45, 7) is 0. The van der Waals surface area contributed by atoms with E-state index in [1.807, 2.05) is 24.3 Å². The summed E-state index contributed by atoms with van der Waals surface area (Å²) in [5.41, 5.74) is 0.995. The Bertz CT molecular complexity index is 863.